The molecule has 0 aromatic carbocycles. The van der Waals surface area contributed by atoms with Crippen LogP contribution in [0.3, 0.4) is 0 Å². The molecule has 110 valence electrons. The number of fused-ring (bicyclic) bond motifs is 2. The lowest BCUT2D eigenvalue weighted by atomic mass is 9.98. The minimum absolute atomic E-state index is 0.215. The van der Waals surface area contributed by atoms with Crippen LogP contribution in [0.4, 0.5) is 5.82 Å². The molecular weight excluding hydrogens is 256 g/mol. The number of rotatable bonds is 4. The molecule has 2 N–H and O–H groups in total. The molecule has 0 aliphatic carbocycles. The third kappa shape index (κ3) is 2.28. The predicted molar refractivity (Wildman–Crippen MR) is 77.4 cm³/mol. The summed E-state index contributed by atoms with van der Waals surface area (Å²) in [6.07, 6.45) is 6.21. The number of hydrogen-bond donors (Lipinski definition) is 2. The topological polar surface area (TPSA) is 70.2 Å². The number of H-pyrrole nitrogens is 1. The number of methoxy groups -OCH3 is 1. The minimum Gasteiger partial charge on any atom is -0.489 e. The molecule has 0 radical (unpaired) electrons. The van der Waals surface area contributed by atoms with Gasteiger partial charge in [0.2, 0.25) is 5.75 Å². The minimum atomic E-state index is -0.215. The molecule has 1 aromatic rings. The van der Waals surface area contributed by atoms with E-state index in [0.29, 0.717) is 29.7 Å². The van der Waals surface area contributed by atoms with Crippen molar-refractivity contribution in [1.29, 1.82) is 0 Å². The van der Waals surface area contributed by atoms with E-state index in [2.05, 4.69) is 27.1 Å². The molecule has 2 saturated heterocycles. The summed E-state index contributed by atoms with van der Waals surface area (Å²) in [5.74, 6) is 0.991. The first kappa shape index (κ1) is 13.4. The van der Waals surface area contributed by atoms with Crippen LogP contribution in [-0.4, -0.2) is 41.7 Å². The molecule has 2 fully saturated rings. The molecule has 3 rings (SSSR count). The second-order valence-electron chi connectivity index (χ2n) is 5.64. The van der Waals surface area contributed by atoms with Crippen LogP contribution < -0.4 is 20.5 Å². The number of nitrogens with zero attached hydrogens (tertiary/aromatic N) is 2. The zero-order valence-corrected chi connectivity index (χ0v) is 12.1. The van der Waals surface area contributed by atoms with Crippen LogP contribution in [-0.2, 0) is 0 Å². The largest absolute Gasteiger partial charge is 0.489 e. The molecule has 2 aliphatic rings. The number of hydrogen-bond acceptors (Lipinski definition) is 5. The molecule has 0 saturated carbocycles. The van der Waals surface area contributed by atoms with Crippen molar-refractivity contribution in [2.75, 3.05) is 18.6 Å². The Hall–Kier alpha value is -1.56. The second-order valence-corrected chi connectivity index (χ2v) is 5.64. The zero-order valence-electron chi connectivity index (χ0n) is 12.1. The summed E-state index contributed by atoms with van der Waals surface area (Å²) in [7, 11) is 1.52. The smallest absolute Gasteiger partial charge is 0.295 e. The maximum atomic E-state index is 11.9. The fourth-order valence-corrected chi connectivity index (χ4v) is 3.63. The molecule has 0 amide bonds. The van der Waals surface area contributed by atoms with Gasteiger partial charge >= 0.3 is 0 Å². The summed E-state index contributed by atoms with van der Waals surface area (Å²) in [6.45, 7) is 2.93. The van der Waals surface area contributed by atoms with Crippen molar-refractivity contribution in [1.82, 2.24) is 15.3 Å². The molecule has 6 heteroatoms. The molecular formula is C14H22N4O2. The van der Waals surface area contributed by atoms with Crippen molar-refractivity contribution in [3.63, 3.8) is 0 Å². The van der Waals surface area contributed by atoms with Crippen molar-refractivity contribution in [2.24, 2.45) is 0 Å². The Morgan fingerprint density at radius 2 is 2.10 bits per heavy atom. The van der Waals surface area contributed by atoms with E-state index in [9.17, 15) is 4.79 Å². The normalized spacial score (nSPS) is 28.4. The Kier molecular flexibility index (Phi) is 3.65. The van der Waals surface area contributed by atoms with Gasteiger partial charge in [0.25, 0.3) is 5.56 Å². The van der Waals surface area contributed by atoms with Crippen molar-refractivity contribution >= 4 is 5.82 Å². The molecule has 6 nitrogen and oxygen atoms in total. The van der Waals surface area contributed by atoms with Crippen molar-refractivity contribution in [2.45, 2.75) is 50.7 Å². The summed E-state index contributed by atoms with van der Waals surface area (Å²) < 4.78 is 5.26. The van der Waals surface area contributed by atoms with Crippen LogP contribution in [0.1, 0.15) is 32.6 Å². The number of piperidine rings is 1. The number of nitrogens with one attached hydrogen (secondary N) is 2. The lowest BCUT2D eigenvalue weighted by Gasteiger charge is -2.38. The van der Waals surface area contributed by atoms with E-state index in [-0.39, 0.29) is 5.56 Å². The quantitative estimate of drug-likeness (QED) is 0.856. The van der Waals surface area contributed by atoms with E-state index >= 15 is 0 Å². The Labute approximate surface area is 118 Å². The SMILES string of the molecule is CCN(c1nc[nH]c(=O)c1OC)C1CC2CCC(C1)N2. The van der Waals surface area contributed by atoms with Gasteiger partial charge in [-0.15, -0.1) is 0 Å². The lowest BCUT2D eigenvalue weighted by molar-refractivity contribution is 0.343. The average Bonchev–Trinajstić information content (AvgIpc) is 2.79. The first-order valence-electron chi connectivity index (χ1n) is 7.37. The van der Waals surface area contributed by atoms with Crippen molar-refractivity contribution < 1.29 is 4.74 Å². The summed E-state index contributed by atoms with van der Waals surface area (Å²) in [5.41, 5.74) is -0.215. The number of anilines is 1. The predicted octanol–water partition coefficient (Wildman–Crippen LogP) is 0.888. The van der Waals surface area contributed by atoms with E-state index in [0.717, 1.165) is 19.4 Å². The summed E-state index contributed by atoms with van der Waals surface area (Å²) in [6, 6.07) is 1.66. The molecule has 2 atom stereocenters. The molecule has 20 heavy (non-hydrogen) atoms. The van der Waals surface area contributed by atoms with Crippen LogP contribution in [0.5, 0.6) is 5.75 Å². The van der Waals surface area contributed by atoms with Gasteiger partial charge in [0.05, 0.1) is 13.4 Å². The van der Waals surface area contributed by atoms with Crippen molar-refractivity contribution in [3.8, 4) is 5.75 Å². The molecule has 0 spiro atoms. The first-order chi connectivity index (χ1) is 9.72. The van der Waals surface area contributed by atoms with Gasteiger partial charge in [0, 0.05) is 24.7 Å². The van der Waals surface area contributed by atoms with E-state index in [1.807, 2.05) is 0 Å². The maximum Gasteiger partial charge on any atom is 0.295 e. The maximum absolute atomic E-state index is 11.9. The van der Waals surface area contributed by atoms with E-state index in [1.165, 1.54) is 26.3 Å². The monoisotopic (exact) mass is 278 g/mol. The Bertz CT molecular complexity index is 518. The van der Waals surface area contributed by atoms with Gasteiger partial charge in [0.15, 0.2) is 5.82 Å². The van der Waals surface area contributed by atoms with Crippen LogP contribution in [0.25, 0.3) is 0 Å². The van der Waals surface area contributed by atoms with E-state index < -0.39 is 0 Å². The highest BCUT2D eigenvalue weighted by Gasteiger charge is 2.36. The van der Waals surface area contributed by atoms with Gasteiger partial charge in [-0.05, 0) is 32.6 Å². The van der Waals surface area contributed by atoms with Gasteiger partial charge < -0.3 is 19.9 Å². The lowest BCUT2D eigenvalue weighted by Crippen LogP contribution is -2.49. The van der Waals surface area contributed by atoms with Gasteiger partial charge in [-0.2, -0.15) is 0 Å². The highest BCUT2D eigenvalue weighted by atomic mass is 16.5. The zero-order chi connectivity index (χ0) is 14.1. The van der Waals surface area contributed by atoms with Gasteiger partial charge in [-0.1, -0.05) is 0 Å². The van der Waals surface area contributed by atoms with Crippen LogP contribution in [0, 0.1) is 0 Å². The summed E-state index contributed by atoms with van der Waals surface area (Å²) in [5, 5.41) is 3.64. The highest BCUT2D eigenvalue weighted by molar-refractivity contribution is 5.51. The molecule has 2 bridgehead atoms. The molecule has 2 unspecified atom stereocenters. The third-order valence-electron chi connectivity index (χ3n) is 4.50. The Morgan fingerprint density at radius 3 is 2.70 bits per heavy atom. The fraction of sp³-hybridized carbons (Fsp3) is 0.714. The average molecular weight is 278 g/mol. The molecule has 1 aromatic heterocycles. The van der Waals surface area contributed by atoms with Crippen LogP contribution in [0.2, 0.25) is 0 Å². The Morgan fingerprint density at radius 1 is 1.40 bits per heavy atom. The van der Waals surface area contributed by atoms with Gasteiger partial charge in [-0.25, -0.2) is 4.98 Å². The van der Waals surface area contributed by atoms with E-state index in [1.54, 1.807) is 0 Å². The second kappa shape index (κ2) is 5.44. The number of aromatic amines is 1. The van der Waals surface area contributed by atoms with Gasteiger partial charge in [-0.3, -0.25) is 4.79 Å². The van der Waals surface area contributed by atoms with Gasteiger partial charge in [0.1, 0.15) is 0 Å². The fourth-order valence-electron chi connectivity index (χ4n) is 3.63. The first-order valence-corrected chi connectivity index (χ1v) is 7.37. The number of aromatic nitrogens is 2. The van der Waals surface area contributed by atoms with Crippen molar-refractivity contribution in [3.05, 3.63) is 16.7 Å². The van der Waals surface area contributed by atoms with Crippen LogP contribution in [0.15, 0.2) is 11.1 Å². The van der Waals surface area contributed by atoms with E-state index in [4.69, 9.17) is 4.74 Å². The standard InChI is InChI=1S/C14H22N4O2/c1-3-18(11-6-9-4-5-10(7-11)17-9)13-12(20-2)14(19)16-8-15-13/h8-11,17H,3-7H2,1-2H3,(H,15,16,19). The number of ether oxygens (including phenoxy) is 1. The highest BCUT2D eigenvalue weighted by Crippen LogP contribution is 2.33. The molecule has 3 heterocycles. The summed E-state index contributed by atoms with van der Waals surface area (Å²) in [4.78, 5) is 21.0. The summed E-state index contributed by atoms with van der Waals surface area (Å²) >= 11 is 0. The molecule has 2 aliphatic heterocycles. The van der Waals surface area contributed by atoms with Crippen LogP contribution >= 0.6 is 0 Å². The Balaban J connectivity index is 1.90. The third-order valence-corrected chi connectivity index (χ3v) is 4.50.